The first-order chi connectivity index (χ1) is 3.63. The molecular weight excluding hydrogens is 222 g/mol. The normalized spacial score (nSPS) is 11.2. The van der Waals surface area contributed by atoms with Crippen molar-refractivity contribution >= 4 is 29.3 Å². The van der Waals surface area contributed by atoms with Crippen molar-refractivity contribution in [3.05, 3.63) is 0 Å². The Morgan fingerprint density at radius 2 is 1.00 bits per heavy atom. The van der Waals surface area contributed by atoms with Gasteiger partial charge in [-0.15, -0.1) is 0 Å². The van der Waals surface area contributed by atoms with Crippen molar-refractivity contribution in [1.29, 1.82) is 0 Å². The molecule has 0 atom stereocenters. The number of rotatable bonds is 3. The summed E-state index contributed by atoms with van der Waals surface area (Å²) < 4.78 is 0. The van der Waals surface area contributed by atoms with Gasteiger partial charge in [0.2, 0.25) is 0 Å². The molecule has 0 saturated carbocycles. The molecule has 0 amide bonds. The molecule has 0 aliphatic rings. The van der Waals surface area contributed by atoms with Crippen molar-refractivity contribution in [2.24, 2.45) is 0 Å². The zero-order chi connectivity index (χ0) is 6.57. The molecule has 0 bridgehead atoms. The molecule has 2 radical (unpaired) electrons. The minimum absolute atomic E-state index is 0.408. The van der Waals surface area contributed by atoms with Crippen LogP contribution in [0, 0.1) is 0 Å². The van der Waals surface area contributed by atoms with Crippen LogP contribution >= 0.6 is 0 Å². The van der Waals surface area contributed by atoms with E-state index in [1.165, 1.54) is 0 Å². The van der Waals surface area contributed by atoms with Gasteiger partial charge in [-0.05, 0) is 0 Å². The molecule has 8 heavy (non-hydrogen) atoms. The van der Waals surface area contributed by atoms with E-state index in [1.807, 2.05) is 0 Å². The van der Waals surface area contributed by atoms with Gasteiger partial charge in [0.25, 0.3) is 0 Å². The molecule has 52 valence electrons. The molecule has 0 aromatic heterocycles. The molecule has 0 spiro atoms. The Morgan fingerprint density at radius 1 is 0.750 bits per heavy atom. The van der Waals surface area contributed by atoms with E-state index in [1.54, 1.807) is 10.4 Å². The zero-order valence-electron chi connectivity index (χ0n) is 6.41. The fraction of sp³-hybridized carbons (Fsp3) is 1.00. The SMILES string of the molecule is C[AsH](C)CC[AsH](C)C. The van der Waals surface area contributed by atoms with E-state index < -0.39 is 29.3 Å². The molecule has 0 rings (SSSR count). The van der Waals surface area contributed by atoms with Crippen molar-refractivity contribution in [3.8, 4) is 0 Å². The Bertz CT molecular complexity index is 42.5. The molecule has 0 fully saturated rings. The van der Waals surface area contributed by atoms with Crippen LogP contribution < -0.4 is 0 Å². The third-order valence-electron chi connectivity index (χ3n) is 1.12. The Morgan fingerprint density at radius 3 is 1.12 bits per heavy atom. The van der Waals surface area contributed by atoms with Crippen LogP contribution in [-0.2, 0) is 0 Å². The molecule has 0 saturated heterocycles. The molecular formula is C6H18As2. The monoisotopic (exact) mass is 240 g/mol. The predicted octanol–water partition coefficient (Wildman–Crippen LogP) is 1.96. The molecule has 0 aliphatic carbocycles. The summed E-state index contributed by atoms with van der Waals surface area (Å²) in [7, 11) is 0. The Hall–Kier alpha value is 1.12. The van der Waals surface area contributed by atoms with Gasteiger partial charge in [0.15, 0.2) is 0 Å². The van der Waals surface area contributed by atoms with Crippen molar-refractivity contribution in [1.82, 2.24) is 0 Å². The summed E-state index contributed by atoms with van der Waals surface area (Å²) in [5, 5.41) is 3.25. The summed E-state index contributed by atoms with van der Waals surface area (Å²) in [6, 6.07) is 0. The standard InChI is InChI=1S/C6H18As2/c1-7(2)5-6-8(3)4/h7-8H,5-6H2,1-4H3. The minimum atomic E-state index is -0.408. The van der Waals surface area contributed by atoms with Gasteiger partial charge in [-0.1, -0.05) is 0 Å². The van der Waals surface area contributed by atoms with Crippen molar-refractivity contribution in [3.63, 3.8) is 0 Å². The average Bonchev–Trinajstić information content (AvgIpc) is 1.61. The van der Waals surface area contributed by atoms with Crippen LogP contribution in [0.25, 0.3) is 0 Å². The number of hydrogen-bond donors (Lipinski definition) is 0. The van der Waals surface area contributed by atoms with E-state index in [-0.39, 0.29) is 0 Å². The molecule has 0 aliphatic heterocycles. The van der Waals surface area contributed by atoms with Crippen LogP contribution in [0.1, 0.15) is 0 Å². The zero-order valence-corrected chi connectivity index (χ0v) is 10.6. The molecule has 0 aromatic carbocycles. The number of hydrogen-bond acceptors (Lipinski definition) is 0. The first-order valence-electron chi connectivity index (χ1n) is 3.21. The third kappa shape index (κ3) is 7.12. The van der Waals surface area contributed by atoms with Gasteiger partial charge in [-0.25, -0.2) is 0 Å². The van der Waals surface area contributed by atoms with Crippen LogP contribution in [0.15, 0.2) is 0 Å². The topological polar surface area (TPSA) is 0 Å². The van der Waals surface area contributed by atoms with Gasteiger partial charge in [-0.3, -0.25) is 0 Å². The second kappa shape index (κ2) is 4.95. The van der Waals surface area contributed by atoms with Gasteiger partial charge in [0.1, 0.15) is 0 Å². The molecule has 0 N–H and O–H groups in total. The van der Waals surface area contributed by atoms with Gasteiger partial charge in [0.05, 0.1) is 0 Å². The first kappa shape index (κ1) is 9.12. The predicted molar refractivity (Wildman–Crippen MR) is 47.4 cm³/mol. The van der Waals surface area contributed by atoms with Crippen LogP contribution in [0.4, 0.5) is 0 Å². The van der Waals surface area contributed by atoms with Crippen molar-refractivity contribution < 1.29 is 0 Å². The summed E-state index contributed by atoms with van der Waals surface area (Å²) in [4.78, 5) is 0. The Labute approximate surface area is 62.6 Å². The summed E-state index contributed by atoms with van der Waals surface area (Å²) in [5.74, 6) is 0. The Kier molecular flexibility index (Phi) is 5.64. The van der Waals surface area contributed by atoms with E-state index >= 15 is 0 Å². The Balaban J connectivity index is 2.93. The molecule has 0 heterocycles. The van der Waals surface area contributed by atoms with Gasteiger partial charge >= 0.3 is 62.6 Å². The molecule has 0 nitrogen and oxygen atoms in total. The maximum absolute atomic E-state index is 2.47. The van der Waals surface area contributed by atoms with Crippen LogP contribution in [0.3, 0.4) is 0 Å². The van der Waals surface area contributed by atoms with E-state index in [0.29, 0.717) is 0 Å². The first-order valence-corrected chi connectivity index (χ1v) is 14.6. The van der Waals surface area contributed by atoms with Gasteiger partial charge in [-0.2, -0.15) is 0 Å². The van der Waals surface area contributed by atoms with Crippen LogP contribution in [0.5, 0.6) is 0 Å². The van der Waals surface area contributed by atoms with Crippen molar-refractivity contribution in [2.45, 2.75) is 33.3 Å². The van der Waals surface area contributed by atoms with Gasteiger partial charge in [0, 0.05) is 0 Å². The fourth-order valence-corrected chi connectivity index (χ4v) is 13.5. The van der Waals surface area contributed by atoms with Gasteiger partial charge < -0.3 is 0 Å². The second-order valence-corrected chi connectivity index (χ2v) is 15.1. The van der Waals surface area contributed by atoms with Crippen LogP contribution in [-0.4, -0.2) is 29.3 Å². The average molecular weight is 240 g/mol. The van der Waals surface area contributed by atoms with E-state index in [0.717, 1.165) is 0 Å². The summed E-state index contributed by atoms with van der Waals surface area (Å²) in [6.45, 7) is 0. The second-order valence-electron chi connectivity index (χ2n) is 2.91. The summed E-state index contributed by atoms with van der Waals surface area (Å²) in [5.41, 5.74) is 9.89. The van der Waals surface area contributed by atoms with E-state index in [9.17, 15) is 0 Å². The summed E-state index contributed by atoms with van der Waals surface area (Å²) >= 11 is -0.815. The van der Waals surface area contributed by atoms with E-state index in [4.69, 9.17) is 0 Å². The fourth-order valence-electron chi connectivity index (χ4n) is 0.500. The van der Waals surface area contributed by atoms with E-state index in [2.05, 4.69) is 22.8 Å². The molecule has 0 aromatic rings. The quantitative estimate of drug-likeness (QED) is 0.661. The van der Waals surface area contributed by atoms with Crippen molar-refractivity contribution in [2.75, 3.05) is 0 Å². The molecule has 2 heteroatoms. The maximum atomic E-state index is 2.47. The summed E-state index contributed by atoms with van der Waals surface area (Å²) in [6.07, 6.45) is 0. The van der Waals surface area contributed by atoms with Crippen LogP contribution in [0.2, 0.25) is 33.3 Å². The molecule has 0 unspecified atom stereocenters. The third-order valence-corrected chi connectivity index (χ3v) is 8.57.